The van der Waals surface area contributed by atoms with E-state index in [-0.39, 0.29) is 5.54 Å². The molecule has 0 aromatic rings. The maximum Gasteiger partial charge on any atom is 0.0304 e. The van der Waals surface area contributed by atoms with Gasteiger partial charge in [-0.1, -0.05) is 33.6 Å². The van der Waals surface area contributed by atoms with Crippen molar-refractivity contribution in [3.8, 4) is 0 Å². The molecule has 0 saturated heterocycles. The highest BCUT2D eigenvalue weighted by molar-refractivity contribution is 4.92. The summed E-state index contributed by atoms with van der Waals surface area (Å²) in [4.78, 5) is 2.71. The van der Waals surface area contributed by atoms with Crippen LogP contribution in [0.5, 0.6) is 0 Å². The van der Waals surface area contributed by atoms with E-state index in [4.69, 9.17) is 5.73 Å². The highest BCUT2D eigenvalue weighted by atomic mass is 15.2. The lowest BCUT2D eigenvalue weighted by Gasteiger charge is -2.45. The Balaban J connectivity index is 2.75. The predicted molar refractivity (Wildman–Crippen MR) is 71.6 cm³/mol. The van der Waals surface area contributed by atoms with Crippen molar-refractivity contribution >= 4 is 0 Å². The molecule has 96 valence electrons. The Labute approximate surface area is 102 Å². The fourth-order valence-corrected chi connectivity index (χ4v) is 2.88. The largest absolute Gasteiger partial charge is 0.329 e. The smallest absolute Gasteiger partial charge is 0.0304 e. The number of hydrogen-bond donors (Lipinski definition) is 1. The summed E-state index contributed by atoms with van der Waals surface area (Å²) in [5.41, 5.74) is 6.23. The molecule has 1 fully saturated rings. The maximum absolute atomic E-state index is 6.02. The molecule has 0 amide bonds. The van der Waals surface area contributed by atoms with Crippen molar-refractivity contribution in [2.45, 2.75) is 71.4 Å². The summed E-state index contributed by atoms with van der Waals surface area (Å²) in [6.45, 7) is 11.2. The third-order valence-electron chi connectivity index (χ3n) is 4.22. The van der Waals surface area contributed by atoms with E-state index in [1.54, 1.807) is 0 Å². The van der Waals surface area contributed by atoms with Gasteiger partial charge in [-0.25, -0.2) is 0 Å². The van der Waals surface area contributed by atoms with Crippen LogP contribution in [0.15, 0.2) is 0 Å². The van der Waals surface area contributed by atoms with Gasteiger partial charge in [0.25, 0.3) is 0 Å². The van der Waals surface area contributed by atoms with E-state index >= 15 is 0 Å². The van der Waals surface area contributed by atoms with Crippen LogP contribution in [0.3, 0.4) is 0 Å². The maximum atomic E-state index is 6.02. The first kappa shape index (κ1) is 14.0. The van der Waals surface area contributed by atoms with Gasteiger partial charge in [0.15, 0.2) is 0 Å². The second-order valence-electron chi connectivity index (χ2n) is 6.04. The topological polar surface area (TPSA) is 29.3 Å². The van der Waals surface area contributed by atoms with E-state index in [0.29, 0.717) is 0 Å². The molecule has 0 radical (unpaired) electrons. The van der Waals surface area contributed by atoms with E-state index in [1.807, 2.05) is 0 Å². The first-order valence-electron chi connectivity index (χ1n) is 7.00. The van der Waals surface area contributed by atoms with Crippen molar-refractivity contribution in [3.63, 3.8) is 0 Å². The second kappa shape index (κ2) is 6.02. The summed E-state index contributed by atoms with van der Waals surface area (Å²) in [5, 5.41) is 0. The molecule has 1 saturated carbocycles. The van der Waals surface area contributed by atoms with Gasteiger partial charge in [0.05, 0.1) is 0 Å². The molecule has 2 heteroatoms. The SMILES string of the molecule is CCC(C)(CN)N(CC(C)C)C1CCCC1. The van der Waals surface area contributed by atoms with E-state index in [0.717, 1.165) is 24.9 Å². The molecule has 0 bridgehead atoms. The standard InChI is InChI=1S/C14H30N2/c1-5-14(4,11-15)16(10-12(2)3)13-8-6-7-9-13/h12-13H,5-11,15H2,1-4H3. The number of hydrogen-bond acceptors (Lipinski definition) is 2. The Morgan fingerprint density at radius 2 is 1.88 bits per heavy atom. The van der Waals surface area contributed by atoms with Crippen molar-refractivity contribution in [1.29, 1.82) is 0 Å². The van der Waals surface area contributed by atoms with E-state index in [9.17, 15) is 0 Å². The fourth-order valence-electron chi connectivity index (χ4n) is 2.88. The van der Waals surface area contributed by atoms with E-state index in [2.05, 4.69) is 32.6 Å². The van der Waals surface area contributed by atoms with Gasteiger partial charge < -0.3 is 5.73 Å². The molecule has 1 aliphatic carbocycles. The summed E-state index contributed by atoms with van der Waals surface area (Å²) in [5.74, 6) is 0.734. The molecule has 0 aromatic heterocycles. The van der Waals surface area contributed by atoms with Gasteiger partial charge in [-0.3, -0.25) is 4.90 Å². The Hall–Kier alpha value is -0.0800. The summed E-state index contributed by atoms with van der Waals surface area (Å²) in [7, 11) is 0. The summed E-state index contributed by atoms with van der Waals surface area (Å²) in [6.07, 6.45) is 6.73. The van der Waals surface area contributed by atoms with Crippen molar-refractivity contribution in [3.05, 3.63) is 0 Å². The van der Waals surface area contributed by atoms with E-state index in [1.165, 1.54) is 32.2 Å². The number of rotatable bonds is 6. The zero-order valence-electron chi connectivity index (χ0n) is 11.6. The van der Waals surface area contributed by atoms with Gasteiger partial charge in [0, 0.05) is 24.7 Å². The van der Waals surface area contributed by atoms with Crippen molar-refractivity contribution in [2.75, 3.05) is 13.1 Å². The van der Waals surface area contributed by atoms with Crippen LogP contribution < -0.4 is 5.73 Å². The molecule has 0 aliphatic heterocycles. The molecule has 2 N–H and O–H groups in total. The first-order valence-corrected chi connectivity index (χ1v) is 7.00. The highest BCUT2D eigenvalue weighted by Gasteiger charge is 2.35. The lowest BCUT2D eigenvalue weighted by atomic mass is 9.92. The third-order valence-corrected chi connectivity index (χ3v) is 4.22. The molecule has 1 rings (SSSR count). The average molecular weight is 226 g/mol. The van der Waals surface area contributed by atoms with Crippen LogP contribution in [0.2, 0.25) is 0 Å². The molecule has 0 heterocycles. The average Bonchev–Trinajstić information content (AvgIpc) is 2.78. The minimum atomic E-state index is 0.208. The molecule has 0 aromatic carbocycles. The van der Waals surface area contributed by atoms with Gasteiger partial charge in [-0.15, -0.1) is 0 Å². The van der Waals surface area contributed by atoms with Crippen LogP contribution in [-0.4, -0.2) is 29.6 Å². The lowest BCUT2D eigenvalue weighted by molar-refractivity contribution is 0.0475. The second-order valence-corrected chi connectivity index (χ2v) is 6.04. The monoisotopic (exact) mass is 226 g/mol. The number of nitrogens with zero attached hydrogens (tertiary/aromatic N) is 1. The van der Waals surface area contributed by atoms with Gasteiger partial charge in [0.1, 0.15) is 0 Å². The van der Waals surface area contributed by atoms with Crippen LogP contribution in [0, 0.1) is 5.92 Å². The van der Waals surface area contributed by atoms with Crippen molar-refractivity contribution in [1.82, 2.24) is 4.90 Å². The minimum absolute atomic E-state index is 0.208. The zero-order chi connectivity index (χ0) is 12.2. The molecule has 1 aliphatic rings. The van der Waals surface area contributed by atoms with Crippen LogP contribution in [0.25, 0.3) is 0 Å². The molecule has 16 heavy (non-hydrogen) atoms. The van der Waals surface area contributed by atoms with Gasteiger partial charge in [-0.2, -0.15) is 0 Å². The van der Waals surface area contributed by atoms with Crippen molar-refractivity contribution in [2.24, 2.45) is 11.7 Å². The minimum Gasteiger partial charge on any atom is -0.329 e. The normalized spacial score (nSPS) is 21.9. The van der Waals surface area contributed by atoms with Crippen molar-refractivity contribution < 1.29 is 0 Å². The molecular weight excluding hydrogens is 196 g/mol. The predicted octanol–water partition coefficient (Wildman–Crippen LogP) is 3.01. The van der Waals surface area contributed by atoms with Crippen LogP contribution in [0.4, 0.5) is 0 Å². The van der Waals surface area contributed by atoms with Crippen LogP contribution >= 0.6 is 0 Å². The molecule has 0 spiro atoms. The van der Waals surface area contributed by atoms with E-state index < -0.39 is 0 Å². The summed E-state index contributed by atoms with van der Waals surface area (Å²) in [6, 6.07) is 0.788. The van der Waals surface area contributed by atoms with Gasteiger partial charge in [0.2, 0.25) is 0 Å². The zero-order valence-corrected chi connectivity index (χ0v) is 11.6. The molecule has 1 unspecified atom stereocenters. The fraction of sp³-hybridized carbons (Fsp3) is 1.00. The Morgan fingerprint density at radius 1 is 1.31 bits per heavy atom. The molecule has 1 atom stereocenters. The molecular formula is C14H30N2. The van der Waals surface area contributed by atoms with Crippen LogP contribution in [0.1, 0.15) is 59.8 Å². The summed E-state index contributed by atoms with van der Waals surface area (Å²) >= 11 is 0. The molecule has 2 nitrogen and oxygen atoms in total. The Bertz CT molecular complexity index is 191. The Kier molecular flexibility index (Phi) is 5.26. The summed E-state index contributed by atoms with van der Waals surface area (Å²) < 4.78 is 0. The third kappa shape index (κ3) is 3.21. The first-order chi connectivity index (χ1) is 7.53. The quantitative estimate of drug-likeness (QED) is 0.754. The van der Waals surface area contributed by atoms with Gasteiger partial charge >= 0.3 is 0 Å². The number of nitrogens with two attached hydrogens (primary N) is 1. The lowest BCUT2D eigenvalue weighted by Crippen LogP contribution is -2.56. The van der Waals surface area contributed by atoms with Crippen LogP contribution in [-0.2, 0) is 0 Å². The highest BCUT2D eigenvalue weighted by Crippen LogP contribution is 2.31. The Morgan fingerprint density at radius 3 is 2.25 bits per heavy atom. The van der Waals surface area contributed by atoms with Gasteiger partial charge in [-0.05, 0) is 32.1 Å².